The average molecular weight is 412 g/mol. The van der Waals surface area contributed by atoms with Crippen LogP contribution in [-0.2, 0) is 30.4 Å². The topological polar surface area (TPSA) is 169 Å². The van der Waals surface area contributed by atoms with E-state index in [-0.39, 0.29) is 69.9 Å². The summed E-state index contributed by atoms with van der Waals surface area (Å²) in [5.41, 5.74) is 0. The molecule has 0 amide bonds. The van der Waals surface area contributed by atoms with Crippen molar-refractivity contribution in [3.05, 3.63) is 30.3 Å². The largest absolute Gasteiger partial charge is 1.00 e. The minimum atomic E-state index is -5.08. The molecule has 0 aliphatic heterocycles. The smallest absolute Gasteiger partial charge is 0.744 e. The molecular formula is C10H6Na2O9S3. The molecule has 2 rings (SSSR count). The molecule has 24 heavy (non-hydrogen) atoms. The van der Waals surface area contributed by atoms with E-state index in [1.165, 1.54) is 0 Å². The zero-order chi connectivity index (χ0) is 16.9. The Labute approximate surface area is 182 Å². The van der Waals surface area contributed by atoms with Gasteiger partial charge >= 0.3 is 59.1 Å². The molecule has 120 valence electrons. The van der Waals surface area contributed by atoms with Gasteiger partial charge in [0.2, 0.25) is 0 Å². The summed E-state index contributed by atoms with van der Waals surface area (Å²) in [5, 5.41) is -0.566. The molecule has 0 fully saturated rings. The molecule has 0 heterocycles. The van der Waals surface area contributed by atoms with Gasteiger partial charge in [0.05, 0.1) is 9.79 Å². The van der Waals surface area contributed by atoms with E-state index in [1.54, 1.807) is 0 Å². The van der Waals surface area contributed by atoms with Crippen molar-refractivity contribution in [3.63, 3.8) is 0 Å². The molecule has 0 spiro atoms. The van der Waals surface area contributed by atoms with Gasteiger partial charge < -0.3 is 9.11 Å². The third-order valence-electron chi connectivity index (χ3n) is 2.71. The second-order valence-electron chi connectivity index (χ2n) is 4.19. The number of benzene rings is 2. The molecule has 14 heteroatoms. The first-order valence-electron chi connectivity index (χ1n) is 5.27. The van der Waals surface area contributed by atoms with Crippen molar-refractivity contribution in [2.75, 3.05) is 0 Å². The summed E-state index contributed by atoms with van der Waals surface area (Å²) in [7, 11) is -14.9. The molecule has 1 N–H and O–H groups in total. The third kappa shape index (κ3) is 5.46. The van der Waals surface area contributed by atoms with Crippen molar-refractivity contribution < 1.29 is 98.0 Å². The maximum absolute atomic E-state index is 11.3. The maximum Gasteiger partial charge on any atom is 1.00 e. The van der Waals surface area contributed by atoms with E-state index in [0.717, 1.165) is 12.1 Å². The summed E-state index contributed by atoms with van der Waals surface area (Å²) in [5.74, 6) is 0. The zero-order valence-electron chi connectivity index (χ0n) is 12.3. The van der Waals surface area contributed by atoms with Gasteiger partial charge in [-0.3, -0.25) is 4.55 Å². The van der Waals surface area contributed by atoms with Gasteiger partial charge in [0, 0.05) is 5.39 Å². The van der Waals surface area contributed by atoms with E-state index in [4.69, 9.17) is 4.55 Å². The van der Waals surface area contributed by atoms with E-state index >= 15 is 0 Å². The van der Waals surface area contributed by atoms with Crippen LogP contribution in [0.4, 0.5) is 0 Å². The van der Waals surface area contributed by atoms with Gasteiger partial charge in [-0.15, -0.1) is 0 Å². The standard InChI is InChI=1S/C10H8O9S3.2Na/c11-20(12,13)7-1-2-9-6(3-7)4-8(21(14,15)16)5-10(9)22(17,18)19;;/h1-5H,(H,11,12,13)(H,14,15,16)(H,17,18,19);;/q;2*+1/p-2. The van der Waals surface area contributed by atoms with E-state index in [1.807, 2.05) is 0 Å². The Balaban J connectivity index is 0.00000264. The Morgan fingerprint density at radius 2 is 1.21 bits per heavy atom. The van der Waals surface area contributed by atoms with Crippen molar-refractivity contribution in [1.29, 1.82) is 0 Å². The molecule has 0 unspecified atom stereocenters. The monoisotopic (exact) mass is 412 g/mol. The quantitative estimate of drug-likeness (QED) is 0.381. The first-order chi connectivity index (χ1) is 9.80. The molecule has 9 nitrogen and oxygen atoms in total. The van der Waals surface area contributed by atoms with Gasteiger partial charge in [-0.05, 0) is 29.7 Å². The van der Waals surface area contributed by atoms with Gasteiger partial charge in [0.15, 0.2) is 0 Å². The molecule has 0 saturated heterocycles. The van der Waals surface area contributed by atoms with Gasteiger partial charge in [0.25, 0.3) is 10.1 Å². The second kappa shape index (κ2) is 7.98. The molecular weight excluding hydrogens is 406 g/mol. The van der Waals surface area contributed by atoms with E-state index < -0.39 is 45.0 Å². The second-order valence-corrected chi connectivity index (χ2v) is 8.34. The van der Waals surface area contributed by atoms with Crippen molar-refractivity contribution in [1.82, 2.24) is 0 Å². The fourth-order valence-electron chi connectivity index (χ4n) is 1.80. The molecule has 0 bridgehead atoms. The first kappa shape index (κ1) is 24.4. The maximum atomic E-state index is 11.3. The van der Waals surface area contributed by atoms with E-state index in [9.17, 15) is 34.4 Å². The fraction of sp³-hybridized carbons (Fsp3) is 0. The Hall–Kier alpha value is 0.430. The van der Waals surface area contributed by atoms with Gasteiger partial charge in [-0.1, -0.05) is 6.07 Å². The molecule has 0 saturated carbocycles. The normalized spacial score (nSPS) is 12.3. The molecule has 2 aromatic rings. The van der Waals surface area contributed by atoms with Crippen molar-refractivity contribution in [2.45, 2.75) is 14.7 Å². The van der Waals surface area contributed by atoms with Crippen molar-refractivity contribution >= 4 is 41.1 Å². The molecule has 0 aliphatic rings. The number of fused-ring (bicyclic) bond motifs is 1. The zero-order valence-corrected chi connectivity index (χ0v) is 18.8. The van der Waals surface area contributed by atoms with Crippen LogP contribution in [0.2, 0.25) is 0 Å². The Bertz CT molecular complexity index is 1080. The summed E-state index contributed by atoms with van der Waals surface area (Å²) in [6.45, 7) is 0. The van der Waals surface area contributed by atoms with E-state index in [2.05, 4.69) is 0 Å². The van der Waals surface area contributed by atoms with Crippen LogP contribution in [0.5, 0.6) is 0 Å². The summed E-state index contributed by atoms with van der Waals surface area (Å²) >= 11 is 0. The van der Waals surface area contributed by atoms with Crippen LogP contribution in [0, 0.1) is 0 Å². The third-order valence-corrected chi connectivity index (χ3v) is 5.25. The molecule has 0 aromatic heterocycles. The van der Waals surface area contributed by atoms with Crippen molar-refractivity contribution in [3.8, 4) is 0 Å². The van der Waals surface area contributed by atoms with Crippen molar-refractivity contribution in [2.24, 2.45) is 0 Å². The van der Waals surface area contributed by atoms with Gasteiger partial charge in [-0.25, -0.2) is 16.8 Å². The summed E-state index contributed by atoms with van der Waals surface area (Å²) in [6, 6.07) is 3.57. The summed E-state index contributed by atoms with van der Waals surface area (Å²) in [6.07, 6.45) is 0. The molecule has 0 atom stereocenters. The van der Waals surface area contributed by atoms with Crippen LogP contribution in [-0.4, -0.2) is 38.9 Å². The predicted octanol–water partition coefficient (Wildman–Crippen LogP) is -6.10. The molecule has 2 aromatic carbocycles. The number of rotatable bonds is 3. The minimum absolute atomic E-state index is 0. The van der Waals surface area contributed by atoms with Crippen LogP contribution < -0.4 is 59.1 Å². The Kier molecular flexibility index (Phi) is 8.12. The Morgan fingerprint density at radius 1 is 0.750 bits per heavy atom. The van der Waals surface area contributed by atoms with Crippen LogP contribution >= 0.6 is 0 Å². The van der Waals surface area contributed by atoms with E-state index in [0.29, 0.717) is 18.2 Å². The predicted molar refractivity (Wildman–Crippen MR) is 69.7 cm³/mol. The van der Waals surface area contributed by atoms with Crippen LogP contribution in [0.3, 0.4) is 0 Å². The van der Waals surface area contributed by atoms with Crippen LogP contribution in [0.15, 0.2) is 45.0 Å². The van der Waals surface area contributed by atoms with Gasteiger partial charge in [0.1, 0.15) is 25.1 Å². The fourth-order valence-corrected chi connectivity index (χ4v) is 3.65. The van der Waals surface area contributed by atoms with Gasteiger partial charge in [-0.2, -0.15) is 8.42 Å². The first-order valence-corrected chi connectivity index (χ1v) is 9.53. The van der Waals surface area contributed by atoms with Crippen LogP contribution in [0.1, 0.15) is 0 Å². The number of hydrogen-bond donors (Lipinski definition) is 1. The molecule has 0 radical (unpaired) electrons. The minimum Gasteiger partial charge on any atom is -0.744 e. The summed E-state index contributed by atoms with van der Waals surface area (Å²) < 4.78 is 97.6. The average Bonchev–Trinajstić information content (AvgIpc) is 2.33. The Morgan fingerprint density at radius 3 is 1.62 bits per heavy atom. The van der Waals surface area contributed by atoms with Crippen LogP contribution in [0.25, 0.3) is 10.8 Å². The SMILES string of the molecule is O=S(=O)([O-])c1ccc2c(S(=O)(=O)O)cc(S(=O)(=O)[O-])cc2c1.[Na+].[Na+]. The molecule has 0 aliphatic carbocycles. The summed E-state index contributed by atoms with van der Waals surface area (Å²) in [4.78, 5) is -2.64. The number of hydrogen-bond acceptors (Lipinski definition) is 8.